The van der Waals surface area contributed by atoms with Gasteiger partial charge in [-0.1, -0.05) is 35.3 Å². The lowest BCUT2D eigenvalue weighted by Gasteiger charge is -2.26. The molecule has 1 aromatic rings. The van der Waals surface area contributed by atoms with Crippen LogP contribution in [0.3, 0.4) is 0 Å². The second-order valence-corrected chi connectivity index (χ2v) is 4.92. The van der Waals surface area contributed by atoms with Crippen LogP contribution >= 0.6 is 23.2 Å². The molecule has 0 saturated carbocycles. The summed E-state index contributed by atoms with van der Waals surface area (Å²) >= 11 is 11.9. The smallest absolute Gasteiger partial charge is 0.130 e. The third-order valence-corrected chi connectivity index (χ3v) is 3.91. The van der Waals surface area contributed by atoms with Gasteiger partial charge >= 0.3 is 0 Å². The van der Waals surface area contributed by atoms with Crippen LogP contribution in [0.25, 0.3) is 0 Å². The van der Waals surface area contributed by atoms with Crippen molar-refractivity contribution < 1.29 is 4.39 Å². The maximum atomic E-state index is 14.3. The first-order valence-electron chi connectivity index (χ1n) is 5.49. The first-order chi connectivity index (χ1) is 7.70. The van der Waals surface area contributed by atoms with Gasteiger partial charge < -0.3 is 5.32 Å². The summed E-state index contributed by atoms with van der Waals surface area (Å²) in [5, 5.41) is 4.00. The molecule has 0 bridgehead atoms. The average Bonchev–Trinajstić information content (AvgIpc) is 2.33. The molecule has 0 spiro atoms. The number of nitrogens with one attached hydrogen (secondary N) is 1. The third-order valence-electron chi connectivity index (χ3n) is 3.08. The van der Waals surface area contributed by atoms with E-state index in [2.05, 4.69) is 5.32 Å². The number of halogens is 3. The maximum absolute atomic E-state index is 14.3. The summed E-state index contributed by atoms with van der Waals surface area (Å²) in [4.78, 5) is 0. The van der Waals surface area contributed by atoms with Gasteiger partial charge in [0, 0.05) is 5.56 Å². The molecular weight excluding hydrogens is 248 g/mol. The highest BCUT2D eigenvalue weighted by molar-refractivity contribution is 6.42. The summed E-state index contributed by atoms with van der Waals surface area (Å²) in [6, 6.07) is 5.15. The van der Waals surface area contributed by atoms with E-state index in [9.17, 15) is 4.39 Å². The number of hydrogen-bond acceptors (Lipinski definition) is 1. The number of piperidine rings is 1. The molecular formula is C12H14Cl2FN. The van der Waals surface area contributed by atoms with E-state index in [0.29, 0.717) is 15.6 Å². The Kier molecular flexibility index (Phi) is 4.06. The highest BCUT2D eigenvalue weighted by atomic mass is 35.5. The predicted molar refractivity (Wildman–Crippen MR) is 65.9 cm³/mol. The molecule has 0 amide bonds. The Hall–Kier alpha value is -0.310. The average molecular weight is 262 g/mol. The Labute approximate surface area is 105 Å². The molecule has 1 aliphatic heterocycles. The molecule has 2 rings (SSSR count). The van der Waals surface area contributed by atoms with Crippen LogP contribution in [0.5, 0.6) is 0 Å². The van der Waals surface area contributed by atoms with Crippen LogP contribution in [0, 0.1) is 5.92 Å². The van der Waals surface area contributed by atoms with Crippen molar-refractivity contribution in [3.63, 3.8) is 0 Å². The lowest BCUT2D eigenvalue weighted by molar-refractivity contribution is 0.190. The van der Waals surface area contributed by atoms with Gasteiger partial charge in [-0.15, -0.1) is 0 Å². The zero-order chi connectivity index (χ0) is 11.5. The molecule has 1 aromatic carbocycles. The van der Waals surface area contributed by atoms with Crippen molar-refractivity contribution in [2.24, 2.45) is 5.92 Å². The molecule has 1 unspecified atom stereocenters. The largest absolute Gasteiger partial charge is 0.317 e. The van der Waals surface area contributed by atoms with Gasteiger partial charge in [0.1, 0.15) is 6.17 Å². The van der Waals surface area contributed by atoms with Gasteiger partial charge in [0.15, 0.2) is 0 Å². The van der Waals surface area contributed by atoms with Crippen molar-refractivity contribution >= 4 is 23.2 Å². The summed E-state index contributed by atoms with van der Waals surface area (Å²) in [7, 11) is 0. The maximum Gasteiger partial charge on any atom is 0.130 e. The minimum absolute atomic E-state index is 0.0530. The van der Waals surface area contributed by atoms with Crippen LogP contribution in [-0.4, -0.2) is 13.1 Å². The second-order valence-electron chi connectivity index (χ2n) is 4.13. The normalized spacial score (nSPS) is 19.7. The van der Waals surface area contributed by atoms with E-state index in [-0.39, 0.29) is 5.92 Å². The van der Waals surface area contributed by atoms with Gasteiger partial charge in [0.2, 0.25) is 0 Å². The standard InChI is InChI=1S/C12H14Cl2FN/c13-10-3-1-2-9(11(10)14)12(15)8-4-6-16-7-5-8/h1-3,8,12,16H,4-7H2. The fourth-order valence-corrected chi connectivity index (χ4v) is 2.54. The van der Waals surface area contributed by atoms with E-state index >= 15 is 0 Å². The third kappa shape index (κ3) is 2.50. The molecule has 1 heterocycles. The van der Waals surface area contributed by atoms with Gasteiger partial charge in [-0.05, 0) is 37.9 Å². The molecule has 1 nitrogen and oxygen atoms in total. The highest BCUT2D eigenvalue weighted by Crippen LogP contribution is 2.38. The first kappa shape index (κ1) is 12.2. The van der Waals surface area contributed by atoms with Crippen LogP contribution in [0.2, 0.25) is 10.0 Å². The molecule has 1 fully saturated rings. The van der Waals surface area contributed by atoms with Crippen molar-refractivity contribution in [3.05, 3.63) is 33.8 Å². The van der Waals surface area contributed by atoms with Gasteiger partial charge in [-0.2, -0.15) is 0 Å². The Morgan fingerprint density at radius 3 is 2.62 bits per heavy atom. The van der Waals surface area contributed by atoms with Crippen LogP contribution in [0.1, 0.15) is 24.6 Å². The van der Waals surface area contributed by atoms with E-state index in [4.69, 9.17) is 23.2 Å². The van der Waals surface area contributed by atoms with Crippen molar-refractivity contribution in [2.45, 2.75) is 19.0 Å². The molecule has 1 saturated heterocycles. The Bertz CT molecular complexity index is 364. The van der Waals surface area contributed by atoms with Gasteiger partial charge in [0.05, 0.1) is 10.0 Å². The lowest BCUT2D eigenvalue weighted by Crippen LogP contribution is -2.29. The summed E-state index contributed by atoms with van der Waals surface area (Å²) in [6.45, 7) is 1.76. The summed E-state index contributed by atoms with van der Waals surface area (Å²) in [5.41, 5.74) is 0.529. The van der Waals surface area contributed by atoms with Crippen molar-refractivity contribution in [2.75, 3.05) is 13.1 Å². The van der Waals surface area contributed by atoms with E-state index in [0.717, 1.165) is 25.9 Å². The molecule has 0 radical (unpaired) electrons. The molecule has 1 aliphatic rings. The number of alkyl halides is 1. The minimum atomic E-state index is -1.01. The SMILES string of the molecule is FC(c1cccc(Cl)c1Cl)C1CCNCC1. The van der Waals surface area contributed by atoms with E-state index in [1.807, 2.05) is 0 Å². The number of rotatable bonds is 2. The Morgan fingerprint density at radius 1 is 1.25 bits per heavy atom. The fourth-order valence-electron chi connectivity index (χ4n) is 2.12. The lowest BCUT2D eigenvalue weighted by atomic mass is 9.89. The molecule has 0 aliphatic carbocycles. The minimum Gasteiger partial charge on any atom is -0.317 e. The highest BCUT2D eigenvalue weighted by Gasteiger charge is 2.26. The molecule has 88 valence electrons. The van der Waals surface area contributed by atoms with Crippen molar-refractivity contribution in [1.82, 2.24) is 5.32 Å². The van der Waals surface area contributed by atoms with Crippen LogP contribution in [0.4, 0.5) is 4.39 Å². The summed E-state index contributed by atoms with van der Waals surface area (Å²) < 4.78 is 14.3. The van der Waals surface area contributed by atoms with Crippen LogP contribution in [-0.2, 0) is 0 Å². The Morgan fingerprint density at radius 2 is 1.94 bits per heavy atom. The first-order valence-corrected chi connectivity index (χ1v) is 6.24. The predicted octanol–water partition coefficient (Wildman–Crippen LogP) is 4.00. The van der Waals surface area contributed by atoms with E-state index in [1.165, 1.54) is 0 Å². The topological polar surface area (TPSA) is 12.0 Å². The van der Waals surface area contributed by atoms with Crippen molar-refractivity contribution in [3.8, 4) is 0 Å². The quantitative estimate of drug-likeness (QED) is 0.849. The molecule has 1 atom stereocenters. The van der Waals surface area contributed by atoms with Gasteiger partial charge in [-0.25, -0.2) is 4.39 Å². The second kappa shape index (κ2) is 5.35. The summed E-state index contributed by atoms with van der Waals surface area (Å²) in [5.74, 6) is 0.0530. The zero-order valence-electron chi connectivity index (χ0n) is 8.85. The van der Waals surface area contributed by atoms with Crippen molar-refractivity contribution in [1.29, 1.82) is 0 Å². The van der Waals surface area contributed by atoms with E-state index < -0.39 is 6.17 Å². The fraction of sp³-hybridized carbons (Fsp3) is 0.500. The van der Waals surface area contributed by atoms with Gasteiger partial charge in [0.25, 0.3) is 0 Å². The van der Waals surface area contributed by atoms with Crippen LogP contribution in [0.15, 0.2) is 18.2 Å². The van der Waals surface area contributed by atoms with E-state index in [1.54, 1.807) is 18.2 Å². The molecule has 0 aromatic heterocycles. The number of hydrogen-bond donors (Lipinski definition) is 1. The zero-order valence-corrected chi connectivity index (χ0v) is 10.4. The molecule has 4 heteroatoms. The monoisotopic (exact) mass is 261 g/mol. The Balaban J connectivity index is 2.19. The van der Waals surface area contributed by atoms with Gasteiger partial charge in [-0.3, -0.25) is 0 Å². The van der Waals surface area contributed by atoms with Crippen LogP contribution < -0.4 is 5.32 Å². The molecule has 1 N–H and O–H groups in total. The number of benzene rings is 1. The summed E-state index contributed by atoms with van der Waals surface area (Å²) in [6.07, 6.45) is 0.696. The molecule has 16 heavy (non-hydrogen) atoms.